The standard InChI is InChI=1S/C21H32N4OS2/c1-14(2)25(15(3)4)12-13-27-20-24-23-19(28-20)22-18(26)16-8-10-17(11-9-16)21(5,6)7/h8-11,14-15H,12-13H2,1-7H3,(H,22,23,26). The van der Waals surface area contributed by atoms with Crippen molar-refractivity contribution in [3.63, 3.8) is 0 Å². The highest BCUT2D eigenvalue weighted by Gasteiger charge is 2.16. The maximum atomic E-state index is 12.5. The Hall–Kier alpha value is -1.44. The fourth-order valence-corrected chi connectivity index (χ4v) is 4.73. The van der Waals surface area contributed by atoms with E-state index in [1.165, 1.54) is 16.9 Å². The maximum absolute atomic E-state index is 12.5. The fourth-order valence-electron chi connectivity index (χ4n) is 2.96. The van der Waals surface area contributed by atoms with Gasteiger partial charge in [0, 0.05) is 29.9 Å². The molecular weight excluding hydrogens is 388 g/mol. The molecule has 2 aromatic rings. The molecule has 1 N–H and O–H groups in total. The summed E-state index contributed by atoms with van der Waals surface area (Å²) in [5.41, 5.74) is 1.90. The zero-order valence-corrected chi connectivity index (χ0v) is 19.6. The Balaban J connectivity index is 1.89. The minimum Gasteiger partial charge on any atom is -0.298 e. The van der Waals surface area contributed by atoms with Crippen molar-refractivity contribution in [2.24, 2.45) is 0 Å². The first-order valence-corrected chi connectivity index (χ1v) is 11.5. The van der Waals surface area contributed by atoms with Crippen LogP contribution in [0.3, 0.4) is 0 Å². The molecule has 0 aliphatic heterocycles. The van der Waals surface area contributed by atoms with Gasteiger partial charge in [0.1, 0.15) is 0 Å². The van der Waals surface area contributed by atoms with E-state index >= 15 is 0 Å². The lowest BCUT2D eigenvalue weighted by atomic mass is 9.87. The minimum absolute atomic E-state index is 0.0705. The van der Waals surface area contributed by atoms with Gasteiger partial charge in [0.05, 0.1) is 0 Å². The van der Waals surface area contributed by atoms with Gasteiger partial charge in [-0.05, 0) is 50.8 Å². The van der Waals surface area contributed by atoms with E-state index in [0.29, 0.717) is 22.8 Å². The van der Waals surface area contributed by atoms with Crippen molar-refractivity contribution in [3.05, 3.63) is 35.4 Å². The Labute approximate surface area is 177 Å². The van der Waals surface area contributed by atoms with Gasteiger partial charge < -0.3 is 0 Å². The molecular formula is C21H32N4OS2. The molecule has 1 amide bonds. The Kier molecular flexibility index (Phi) is 8.04. The number of hydrogen-bond acceptors (Lipinski definition) is 6. The van der Waals surface area contributed by atoms with Gasteiger partial charge in [-0.1, -0.05) is 56.0 Å². The lowest BCUT2D eigenvalue weighted by Gasteiger charge is -2.30. The number of amides is 1. The molecule has 0 atom stereocenters. The van der Waals surface area contributed by atoms with Crippen LogP contribution in [0.15, 0.2) is 28.6 Å². The van der Waals surface area contributed by atoms with Gasteiger partial charge in [0.2, 0.25) is 5.13 Å². The maximum Gasteiger partial charge on any atom is 0.257 e. The summed E-state index contributed by atoms with van der Waals surface area (Å²) in [4.78, 5) is 14.9. The molecule has 1 aromatic carbocycles. The number of carbonyl (C=O) groups is 1. The molecule has 5 nitrogen and oxygen atoms in total. The van der Waals surface area contributed by atoms with Crippen molar-refractivity contribution in [2.45, 2.75) is 70.3 Å². The number of hydrogen-bond donors (Lipinski definition) is 1. The summed E-state index contributed by atoms with van der Waals surface area (Å²) in [6.45, 7) is 16.3. The highest BCUT2D eigenvalue weighted by atomic mass is 32.2. The molecule has 0 aliphatic carbocycles. The van der Waals surface area contributed by atoms with Gasteiger partial charge in [-0.15, -0.1) is 10.2 Å². The van der Waals surface area contributed by atoms with Crippen molar-refractivity contribution < 1.29 is 4.79 Å². The summed E-state index contributed by atoms with van der Waals surface area (Å²) in [6, 6.07) is 8.78. The average molecular weight is 421 g/mol. The molecule has 0 radical (unpaired) electrons. The lowest BCUT2D eigenvalue weighted by Crippen LogP contribution is -2.38. The molecule has 0 bridgehead atoms. The van der Waals surface area contributed by atoms with Crippen molar-refractivity contribution in [3.8, 4) is 0 Å². The zero-order valence-electron chi connectivity index (χ0n) is 17.9. The predicted molar refractivity (Wildman–Crippen MR) is 121 cm³/mol. The van der Waals surface area contributed by atoms with E-state index < -0.39 is 0 Å². The van der Waals surface area contributed by atoms with Crippen LogP contribution in [0.4, 0.5) is 5.13 Å². The number of nitrogens with one attached hydrogen (secondary N) is 1. The molecule has 7 heteroatoms. The van der Waals surface area contributed by atoms with E-state index in [4.69, 9.17) is 0 Å². The molecule has 1 heterocycles. The van der Waals surface area contributed by atoms with Crippen molar-refractivity contribution in [2.75, 3.05) is 17.6 Å². The van der Waals surface area contributed by atoms with Gasteiger partial charge in [0.25, 0.3) is 5.91 Å². The van der Waals surface area contributed by atoms with Gasteiger partial charge in [0.15, 0.2) is 4.34 Å². The normalized spacial score (nSPS) is 12.2. The van der Waals surface area contributed by atoms with Crippen LogP contribution in [0.5, 0.6) is 0 Å². The molecule has 0 fully saturated rings. The van der Waals surface area contributed by atoms with Crippen LogP contribution in [0.25, 0.3) is 0 Å². The van der Waals surface area contributed by atoms with E-state index in [1.54, 1.807) is 11.8 Å². The van der Waals surface area contributed by atoms with Crippen LogP contribution in [-0.4, -0.2) is 45.4 Å². The molecule has 0 aliphatic rings. The van der Waals surface area contributed by atoms with Crippen molar-refractivity contribution >= 4 is 34.1 Å². The van der Waals surface area contributed by atoms with E-state index in [1.807, 2.05) is 24.3 Å². The molecule has 1 aromatic heterocycles. The molecule has 0 unspecified atom stereocenters. The van der Waals surface area contributed by atoms with Crippen LogP contribution in [-0.2, 0) is 5.41 Å². The summed E-state index contributed by atoms with van der Waals surface area (Å²) in [7, 11) is 0. The second-order valence-corrected chi connectivity index (χ2v) is 10.7. The molecule has 2 rings (SSSR count). The van der Waals surface area contributed by atoms with Crippen LogP contribution in [0, 0.1) is 0 Å². The third kappa shape index (κ3) is 6.57. The monoisotopic (exact) mass is 420 g/mol. The number of anilines is 1. The summed E-state index contributed by atoms with van der Waals surface area (Å²) >= 11 is 3.11. The number of benzene rings is 1. The second-order valence-electron chi connectivity index (χ2n) is 8.43. The smallest absolute Gasteiger partial charge is 0.257 e. The summed E-state index contributed by atoms with van der Waals surface area (Å²) in [6.07, 6.45) is 0. The van der Waals surface area contributed by atoms with E-state index in [2.05, 4.69) is 68.9 Å². The topological polar surface area (TPSA) is 58.1 Å². The predicted octanol–water partition coefficient (Wildman–Crippen LogP) is 5.30. The summed E-state index contributed by atoms with van der Waals surface area (Å²) in [5.74, 6) is 0.798. The van der Waals surface area contributed by atoms with Crippen LogP contribution >= 0.6 is 23.1 Å². The fraction of sp³-hybridized carbons (Fsp3) is 0.571. The summed E-state index contributed by atoms with van der Waals surface area (Å²) in [5, 5.41) is 11.7. The SMILES string of the molecule is CC(C)N(CCSc1nnc(NC(=O)c2ccc(C(C)(C)C)cc2)s1)C(C)C. The number of aromatic nitrogens is 2. The average Bonchev–Trinajstić information content (AvgIpc) is 3.04. The first-order chi connectivity index (χ1) is 13.1. The Morgan fingerprint density at radius 2 is 1.71 bits per heavy atom. The Bertz CT molecular complexity index is 755. The number of carbonyl (C=O) groups excluding carboxylic acids is 1. The first-order valence-electron chi connectivity index (χ1n) is 9.72. The highest BCUT2D eigenvalue weighted by Crippen LogP contribution is 2.27. The molecule has 154 valence electrons. The highest BCUT2D eigenvalue weighted by molar-refractivity contribution is 8.01. The lowest BCUT2D eigenvalue weighted by molar-refractivity contribution is 0.102. The van der Waals surface area contributed by atoms with Gasteiger partial charge >= 0.3 is 0 Å². The summed E-state index contributed by atoms with van der Waals surface area (Å²) < 4.78 is 0.880. The van der Waals surface area contributed by atoms with Crippen molar-refractivity contribution in [1.82, 2.24) is 15.1 Å². The van der Waals surface area contributed by atoms with Crippen LogP contribution < -0.4 is 5.32 Å². The molecule has 28 heavy (non-hydrogen) atoms. The van der Waals surface area contributed by atoms with Crippen LogP contribution in [0.1, 0.15) is 64.4 Å². The van der Waals surface area contributed by atoms with Gasteiger partial charge in [-0.25, -0.2) is 0 Å². The van der Waals surface area contributed by atoms with Gasteiger partial charge in [-0.2, -0.15) is 0 Å². The van der Waals surface area contributed by atoms with Crippen LogP contribution in [0.2, 0.25) is 0 Å². The Morgan fingerprint density at radius 3 is 2.25 bits per heavy atom. The minimum atomic E-state index is -0.154. The quantitative estimate of drug-likeness (QED) is 0.464. The third-order valence-corrected chi connectivity index (χ3v) is 6.49. The number of nitrogens with zero attached hydrogens (tertiary/aromatic N) is 3. The largest absolute Gasteiger partial charge is 0.298 e. The van der Waals surface area contributed by atoms with Crippen molar-refractivity contribution in [1.29, 1.82) is 0 Å². The molecule has 0 saturated carbocycles. The molecule has 0 spiro atoms. The zero-order chi connectivity index (χ0) is 20.9. The second kappa shape index (κ2) is 9.85. The van der Waals surface area contributed by atoms with Gasteiger partial charge in [-0.3, -0.25) is 15.0 Å². The Morgan fingerprint density at radius 1 is 1.11 bits per heavy atom. The first kappa shape index (κ1) is 22.8. The number of thioether (sulfide) groups is 1. The third-order valence-electron chi connectivity index (χ3n) is 4.54. The van der Waals surface area contributed by atoms with E-state index in [0.717, 1.165) is 16.6 Å². The van der Waals surface area contributed by atoms with E-state index in [9.17, 15) is 4.79 Å². The van der Waals surface area contributed by atoms with E-state index in [-0.39, 0.29) is 11.3 Å². The molecule has 0 saturated heterocycles. The number of rotatable bonds is 8.